The van der Waals surface area contributed by atoms with Gasteiger partial charge in [-0.25, -0.2) is 0 Å². The number of benzene rings is 2. The second-order valence-corrected chi connectivity index (χ2v) is 4.42. The summed E-state index contributed by atoms with van der Waals surface area (Å²) in [5, 5.41) is 0.742. The molecular weight excluding hydrogens is 234 g/mol. The molecule has 0 spiro atoms. The van der Waals surface area contributed by atoms with Crippen molar-refractivity contribution in [3.05, 3.63) is 60.7 Å². The van der Waals surface area contributed by atoms with Crippen LogP contribution in [-0.2, 0) is 4.57 Å². The molecule has 16 heavy (non-hydrogen) atoms. The van der Waals surface area contributed by atoms with Crippen molar-refractivity contribution >= 4 is 30.7 Å². The molecule has 0 heterocycles. The molecule has 0 saturated heterocycles. The summed E-state index contributed by atoms with van der Waals surface area (Å²) in [6.07, 6.45) is 0. The fourth-order valence-corrected chi connectivity index (χ4v) is 2.16. The minimum Gasteiger partial charge on any atom is -0.442 e. The summed E-state index contributed by atoms with van der Waals surface area (Å²) in [6.45, 7) is 0. The van der Waals surface area contributed by atoms with E-state index in [0.717, 1.165) is 5.30 Å². The topological polar surface area (TPSA) is 26.3 Å². The molecule has 0 bridgehead atoms. The van der Waals surface area contributed by atoms with Gasteiger partial charge in [0.1, 0.15) is 5.75 Å². The molecule has 0 amide bonds. The van der Waals surface area contributed by atoms with Gasteiger partial charge in [-0.15, -0.1) is 0 Å². The van der Waals surface area contributed by atoms with Crippen molar-refractivity contribution in [2.45, 2.75) is 0 Å². The van der Waals surface area contributed by atoms with Crippen LogP contribution in [0.25, 0.3) is 0 Å². The molecule has 82 valence electrons. The molecule has 1 atom stereocenters. The largest absolute Gasteiger partial charge is 0.442 e. The molecule has 0 aliphatic rings. The van der Waals surface area contributed by atoms with Crippen LogP contribution >= 0.6 is 8.03 Å². The van der Waals surface area contributed by atoms with E-state index in [4.69, 9.17) is 4.52 Å². The van der Waals surface area contributed by atoms with Crippen LogP contribution in [0.15, 0.2) is 60.7 Å². The lowest BCUT2D eigenvalue weighted by molar-refractivity contribution is 0.514. The Morgan fingerprint density at radius 2 is 1.31 bits per heavy atom. The molecule has 1 unspecified atom stereocenters. The third-order valence-corrected chi connectivity index (χ3v) is 3.19. The molecule has 0 aliphatic carbocycles. The Morgan fingerprint density at radius 1 is 0.812 bits per heavy atom. The first-order chi connectivity index (χ1) is 7.36. The average Bonchev–Trinajstić information content (AvgIpc) is 2.31. The minimum absolute atomic E-state index is 0. The van der Waals surface area contributed by atoms with Crippen LogP contribution in [0.2, 0.25) is 0 Å². The van der Waals surface area contributed by atoms with E-state index in [1.165, 1.54) is 0 Å². The van der Waals surface area contributed by atoms with Gasteiger partial charge in [0.2, 0.25) is 0 Å². The maximum absolute atomic E-state index is 11.8. The molecule has 0 radical (unpaired) electrons. The molecule has 0 aliphatic heterocycles. The zero-order chi connectivity index (χ0) is 10.5. The summed E-state index contributed by atoms with van der Waals surface area (Å²) in [5.74, 6) is 0.644. The fourth-order valence-electron chi connectivity index (χ4n) is 1.23. The van der Waals surface area contributed by atoms with Crippen molar-refractivity contribution in [2.24, 2.45) is 0 Å². The maximum atomic E-state index is 11.8. The number of hydrogen-bond acceptors (Lipinski definition) is 2. The van der Waals surface area contributed by atoms with Crippen LogP contribution in [0.1, 0.15) is 0 Å². The zero-order valence-electron chi connectivity index (χ0n) is 8.09. The molecule has 0 saturated carbocycles. The normalized spacial score (nSPS) is 11.2. The smallest absolute Gasteiger partial charge is 0.265 e. The van der Waals surface area contributed by atoms with Crippen LogP contribution in [0.4, 0.5) is 0 Å². The Kier molecular flexibility index (Phi) is 5.36. The Bertz CT molecular complexity index is 445. The van der Waals surface area contributed by atoms with Gasteiger partial charge in [-0.2, -0.15) is 0 Å². The van der Waals surface area contributed by atoms with Crippen molar-refractivity contribution in [2.75, 3.05) is 0 Å². The lowest BCUT2D eigenvalue weighted by atomic mass is 10.3. The Hall–Kier alpha value is -0.998. The van der Waals surface area contributed by atoms with E-state index in [1.54, 1.807) is 12.1 Å². The van der Waals surface area contributed by atoms with Gasteiger partial charge in [0.25, 0.3) is 8.03 Å². The quantitative estimate of drug-likeness (QED) is 0.610. The van der Waals surface area contributed by atoms with E-state index in [0.29, 0.717) is 5.75 Å². The van der Waals surface area contributed by atoms with E-state index >= 15 is 0 Å². The number of rotatable bonds is 3. The van der Waals surface area contributed by atoms with Crippen molar-refractivity contribution in [3.8, 4) is 5.75 Å². The molecular formula is C12H14AlO2P. The van der Waals surface area contributed by atoms with Crippen LogP contribution in [0, 0.1) is 0 Å². The highest BCUT2D eigenvalue weighted by molar-refractivity contribution is 7.48. The summed E-state index contributed by atoms with van der Waals surface area (Å²) in [6, 6.07) is 18.4. The van der Waals surface area contributed by atoms with Crippen molar-refractivity contribution < 1.29 is 9.09 Å². The van der Waals surface area contributed by atoms with Crippen molar-refractivity contribution in [3.63, 3.8) is 0 Å². The van der Waals surface area contributed by atoms with E-state index in [-0.39, 0.29) is 17.4 Å². The first-order valence-electron chi connectivity index (χ1n) is 4.68. The average molecular weight is 248 g/mol. The lowest BCUT2D eigenvalue weighted by Crippen LogP contribution is -1.98. The summed E-state index contributed by atoms with van der Waals surface area (Å²) >= 11 is 0. The zero-order valence-corrected chi connectivity index (χ0v) is 9.09. The third-order valence-electron chi connectivity index (χ3n) is 1.96. The van der Waals surface area contributed by atoms with Crippen LogP contribution < -0.4 is 9.83 Å². The Morgan fingerprint density at radius 3 is 1.88 bits per heavy atom. The molecule has 2 aromatic rings. The first kappa shape index (κ1) is 13.1. The standard InChI is InChI=1S/C12H11O2P.Al.3H/c13-15(12-9-5-2-6-10-12)14-11-7-3-1-4-8-11;;;;/h1-10,15H;;;;. The number of hydrogen-bond donors (Lipinski definition) is 0. The highest BCUT2D eigenvalue weighted by Gasteiger charge is 2.03. The molecule has 2 aromatic carbocycles. The molecule has 0 N–H and O–H groups in total. The van der Waals surface area contributed by atoms with Gasteiger partial charge in [0.05, 0.1) is 0 Å². The highest BCUT2D eigenvalue weighted by atomic mass is 31.1. The summed E-state index contributed by atoms with van der Waals surface area (Å²) in [4.78, 5) is 0. The number of para-hydroxylation sites is 1. The third kappa shape index (κ3) is 3.54. The van der Waals surface area contributed by atoms with Gasteiger partial charge in [-0.1, -0.05) is 36.4 Å². The van der Waals surface area contributed by atoms with Gasteiger partial charge < -0.3 is 4.52 Å². The first-order valence-corrected chi connectivity index (χ1v) is 6.00. The Labute approximate surface area is 106 Å². The Balaban J connectivity index is 0.00000128. The van der Waals surface area contributed by atoms with Gasteiger partial charge in [0.15, 0.2) is 17.4 Å². The van der Waals surface area contributed by atoms with E-state index in [9.17, 15) is 4.57 Å². The van der Waals surface area contributed by atoms with Gasteiger partial charge in [0, 0.05) is 5.30 Å². The van der Waals surface area contributed by atoms with Crippen LogP contribution in [0.5, 0.6) is 5.75 Å². The van der Waals surface area contributed by atoms with Gasteiger partial charge in [-0.05, 0) is 24.3 Å². The molecule has 0 aromatic heterocycles. The summed E-state index contributed by atoms with van der Waals surface area (Å²) in [7, 11) is -2.17. The van der Waals surface area contributed by atoms with Crippen LogP contribution in [0.3, 0.4) is 0 Å². The molecule has 2 nitrogen and oxygen atoms in total. The SMILES string of the molecule is O=[PH](Oc1ccccc1)c1ccccc1.[AlH3]. The van der Waals surface area contributed by atoms with E-state index in [1.807, 2.05) is 48.5 Å². The summed E-state index contributed by atoms with van der Waals surface area (Å²) in [5.41, 5.74) is 0. The highest BCUT2D eigenvalue weighted by Crippen LogP contribution is 2.25. The monoisotopic (exact) mass is 248 g/mol. The van der Waals surface area contributed by atoms with Crippen LogP contribution in [-0.4, -0.2) is 17.4 Å². The fraction of sp³-hybridized carbons (Fsp3) is 0. The molecule has 0 fully saturated rings. The molecule has 2 rings (SSSR count). The molecule has 4 heteroatoms. The van der Waals surface area contributed by atoms with E-state index < -0.39 is 8.03 Å². The second kappa shape index (κ2) is 6.56. The second-order valence-electron chi connectivity index (χ2n) is 3.07. The predicted octanol–water partition coefficient (Wildman–Crippen LogP) is 1.68. The predicted molar refractivity (Wildman–Crippen MR) is 72.1 cm³/mol. The van der Waals surface area contributed by atoms with Crippen molar-refractivity contribution in [1.82, 2.24) is 0 Å². The van der Waals surface area contributed by atoms with Gasteiger partial charge in [-0.3, -0.25) is 4.57 Å². The lowest BCUT2D eigenvalue weighted by Gasteiger charge is -2.05. The summed E-state index contributed by atoms with van der Waals surface area (Å²) < 4.78 is 17.1. The van der Waals surface area contributed by atoms with Gasteiger partial charge >= 0.3 is 0 Å². The maximum Gasteiger partial charge on any atom is 0.265 e. The van der Waals surface area contributed by atoms with Crippen molar-refractivity contribution in [1.29, 1.82) is 0 Å². The van der Waals surface area contributed by atoms with E-state index in [2.05, 4.69) is 0 Å². The minimum atomic E-state index is -2.17.